The monoisotopic (exact) mass is 1160 g/mol. The molecule has 0 aliphatic carbocycles. The van der Waals surface area contributed by atoms with E-state index < -0.39 is 0 Å². The molecule has 4 aliphatic heterocycles. The average molecular weight is 1160 g/mol. The normalized spacial score (nSPS) is 24.4. The average Bonchev–Trinajstić information content (AvgIpc) is 3.29. The van der Waals surface area contributed by atoms with E-state index in [2.05, 4.69) is 165 Å². The smallest absolute Gasteiger partial charge is 0.231 e. The highest BCUT2D eigenvalue weighted by atomic mass is 35.5. The molecule has 2 unspecified atom stereocenters. The fourth-order valence-electron chi connectivity index (χ4n) is 16.8. The highest BCUT2D eigenvalue weighted by Crippen LogP contribution is 2.47. The van der Waals surface area contributed by atoms with Crippen molar-refractivity contribution in [3.05, 3.63) is 10.6 Å². The van der Waals surface area contributed by atoms with Crippen molar-refractivity contribution in [3.63, 3.8) is 0 Å². The largest absolute Gasteiger partial charge is 0.351 e. The number of hydrogen-bond acceptors (Lipinski definition) is 18. The maximum atomic E-state index is 6.96. The first-order valence-corrected chi connectivity index (χ1v) is 31.1. The summed E-state index contributed by atoms with van der Waals surface area (Å²) in [7, 11) is 7.15. The summed E-state index contributed by atoms with van der Waals surface area (Å²) >= 11 is 13.9. The fourth-order valence-corrected chi connectivity index (χ4v) is 17.1. The third-order valence-electron chi connectivity index (χ3n) is 18.2. The van der Waals surface area contributed by atoms with E-state index in [4.69, 9.17) is 72.5 Å². The number of aromatic nitrogens is 6. The molecular formula is C60H110Cl2N14O4. The first-order valence-electron chi connectivity index (χ1n) is 30.4. The second-order valence-electron chi connectivity index (χ2n) is 29.2. The molecular weight excluding hydrogens is 1050 g/mol. The molecule has 6 rings (SSSR count). The van der Waals surface area contributed by atoms with Gasteiger partial charge in [-0.15, -0.1) is 0 Å². The molecule has 0 spiro atoms. The van der Waals surface area contributed by atoms with Gasteiger partial charge in [0.25, 0.3) is 0 Å². The summed E-state index contributed by atoms with van der Waals surface area (Å²) in [6, 6.07) is 0.523. The van der Waals surface area contributed by atoms with E-state index in [1.54, 1.807) is 28.4 Å². The van der Waals surface area contributed by atoms with Crippen LogP contribution in [0.5, 0.6) is 0 Å². The van der Waals surface area contributed by atoms with Crippen molar-refractivity contribution >= 4 is 47.0 Å². The van der Waals surface area contributed by atoms with E-state index in [1.165, 1.54) is 0 Å². The Labute approximate surface area is 494 Å². The van der Waals surface area contributed by atoms with E-state index in [0.29, 0.717) is 35.6 Å². The van der Waals surface area contributed by atoms with Crippen LogP contribution in [0, 0.1) is 11.8 Å². The predicted octanol–water partition coefficient (Wildman–Crippen LogP) is 13.2. The van der Waals surface area contributed by atoms with Crippen molar-refractivity contribution < 1.29 is 19.4 Å². The van der Waals surface area contributed by atoms with Crippen LogP contribution in [0.2, 0.25) is 10.6 Å². The van der Waals surface area contributed by atoms with Crippen molar-refractivity contribution in [2.24, 2.45) is 11.8 Å². The van der Waals surface area contributed by atoms with Crippen molar-refractivity contribution in [2.45, 2.75) is 296 Å². The van der Waals surface area contributed by atoms with Crippen LogP contribution >= 0.6 is 23.2 Å². The lowest BCUT2D eigenvalue weighted by Crippen LogP contribution is -2.64. The minimum Gasteiger partial charge on any atom is -0.351 e. The van der Waals surface area contributed by atoms with E-state index in [9.17, 15) is 0 Å². The standard InChI is InChI=1S/C60H110Cl2N14O4/c1-23-29-45(41-33-53(3,4)73(77-19)54(5,6)34-41)63-49-65-47(61)67-51(69-49)71(43-37-57(11,12)75(79-21)58(13,14)38-43)31-27-25-26-28-32-72(44-39-59(15,16)76(80-22)60(17,18)40-44)52-68-48(62)66-50(70-52)64-46(30-24-2)42-35-55(7,8)74(78-20)56(9,10)36-42/h41-46H,23-40H2,1-22H3,(H,63,65,67,69)(H,64,66,68,70). The van der Waals surface area contributed by atoms with Crippen molar-refractivity contribution in [1.82, 2.24) is 50.2 Å². The van der Waals surface area contributed by atoms with Gasteiger partial charge in [0.1, 0.15) is 0 Å². The Kier molecular flexibility index (Phi) is 21.6. The molecule has 2 atom stereocenters. The maximum Gasteiger partial charge on any atom is 0.231 e. The molecule has 80 heavy (non-hydrogen) atoms. The number of hydroxylamine groups is 8. The van der Waals surface area contributed by atoms with E-state index >= 15 is 0 Å². The molecule has 2 aromatic heterocycles. The van der Waals surface area contributed by atoms with E-state index in [-0.39, 0.29) is 79.0 Å². The van der Waals surface area contributed by atoms with Gasteiger partial charge in [0.15, 0.2) is 0 Å². The van der Waals surface area contributed by atoms with Gasteiger partial charge in [0, 0.05) is 81.6 Å². The predicted molar refractivity (Wildman–Crippen MR) is 327 cm³/mol. The molecule has 0 radical (unpaired) electrons. The number of hydrogen-bond donors (Lipinski definition) is 2. The molecule has 4 fully saturated rings. The third kappa shape index (κ3) is 15.5. The van der Waals surface area contributed by atoms with Crippen LogP contribution < -0.4 is 20.4 Å². The van der Waals surface area contributed by atoms with E-state index in [1.807, 2.05) is 0 Å². The molecule has 0 saturated carbocycles. The van der Waals surface area contributed by atoms with Crippen molar-refractivity contribution in [1.29, 1.82) is 0 Å². The second-order valence-corrected chi connectivity index (χ2v) is 29.9. The molecule has 4 saturated heterocycles. The lowest BCUT2D eigenvalue weighted by molar-refractivity contribution is -0.272. The number of anilines is 4. The number of nitrogens with zero attached hydrogens (tertiary/aromatic N) is 12. The van der Waals surface area contributed by atoms with E-state index in [0.717, 1.165) is 116 Å². The molecule has 458 valence electrons. The zero-order chi connectivity index (χ0) is 59.6. The molecule has 20 heteroatoms. The minimum atomic E-state index is -0.258. The highest BCUT2D eigenvalue weighted by Gasteiger charge is 2.52. The summed E-state index contributed by atoms with van der Waals surface area (Å²) in [5.74, 6) is 3.02. The van der Waals surface area contributed by atoms with Gasteiger partial charge < -0.3 is 39.8 Å². The van der Waals surface area contributed by atoms with Gasteiger partial charge in [-0.3, -0.25) is 0 Å². The molecule has 0 aromatic carbocycles. The van der Waals surface area contributed by atoms with Gasteiger partial charge in [-0.05, 0) is 223 Å². The Morgan fingerprint density at radius 2 is 0.688 bits per heavy atom. The Hall–Kier alpha value is -2.52. The summed E-state index contributed by atoms with van der Waals surface area (Å²) in [5.41, 5.74) is -1.66. The Morgan fingerprint density at radius 1 is 0.425 bits per heavy atom. The summed E-state index contributed by atoms with van der Waals surface area (Å²) in [5, 5.41) is 16.7. The summed E-state index contributed by atoms with van der Waals surface area (Å²) in [6.45, 7) is 42.4. The first kappa shape index (κ1) is 66.6. The fraction of sp³-hybridized carbons (Fsp3) is 0.900. The maximum absolute atomic E-state index is 6.96. The van der Waals surface area contributed by atoms with Gasteiger partial charge >= 0.3 is 0 Å². The Bertz CT molecular complexity index is 2090. The summed E-state index contributed by atoms with van der Waals surface area (Å²) in [4.78, 5) is 58.9. The van der Waals surface area contributed by atoms with Crippen LogP contribution in [-0.4, -0.2) is 160 Å². The van der Waals surface area contributed by atoms with Crippen molar-refractivity contribution in [2.75, 3.05) is 62.0 Å². The number of rotatable bonds is 25. The van der Waals surface area contributed by atoms with Crippen LogP contribution in [0.4, 0.5) is 23.8 Å². The topological polar surface area (TPSA) is 158 Å². The van der Waals surface area contributed by atoms with Crippen LogP contribution in [0.25, 0.3) is 0 Å². The van der Waals surface area contributed by atoms with Crippen LogP contribution in [0.3, 0.4) is 0 Å². The third-order valence-corrected chi connectivity index (χ3v) is 18.6. The van der Waals surface area contributed by atoms with Crippen LogP contribution in [0.15, 0.2) is 0 Å². The molecule has 2 aromatic rings. The summed E-state index contributed by atoms with van der Waals surface area (Å²) in [6.07, 6.45) is 15.2. The molecule has 2 N–H and O–H groups in total. The molecule has 18 nitrogen and oxygen atoms in total. The van der Waals surface area contributed by atoms with Gasteiger partial charge in [-0.2, -0.15) is 50.2 Å². The summed E-state index contributed by atoms with van der Waals surface area (Å²) < 4.78 is 0. The lowest BCUT2D eigenvalue weighted by Gasteiger charge is -2.55. The molecule has 6 heterocycles. The van der Waals surface area contributed by atoms with Crippen molar-refractivity contribution in [3.8, 4) is 0 Å². The van der Waals surface area contributed by atoms with Gasteiger partial charge in [0.05, 0.1) is 28.4 Å². The Balaban J connectivity index is 1.25. The van der Waals surface area contributed by atoms with Gasteiger partial charge in [0.2, 0.25) is 34.4 Å². The van der Waals surface area contributed by atoms with Crippen LogP contribution in [-0.2, 0) is 19.4 Å². The number of piperidine rings is 4. The molecule has 0 amide bonds. The molecule has 0 bridgehead atoms. The highest BCUT2D eigenvalue weighted by molar-refractivity contribution is 6.28. The quantitative estimate of drug-likeness (QED) is 0.0904. The second kappa shape index (κ2) is 26.0. The zero-order valence-corrected chi connectivity index (χ0v) is 55.5. The Morgan fingerprint density at radius 3 is 0.938 bits per heavy atom. The van der Waals surface area contributed by atoms with Gasteiger partial charge in [-0.1, -0.05) is 39.5 Å². The number of nitrogens with one attached hydrogen (secondary N) is 2. The SMILES string of the molecule is CCCC(Nc1nc(Cl)nc(N(CCCCCCN(c2nc(Cl)nc(NC(CCC)C3CC(C)(C)N(OC)C(C)(C)C3)n2)C2CC(C)(C)N(OC)C(C)(C)C2)C2CC(C)(C)N(OC)C(C)(C)C2)n1)C1CC(C)(C)N(OC)C(C)(C)C1. The number of unbranched alkanes of at least 4 members (excludes halogenated alkanes) is 3. The lowest BCUT2D eigenvalue weighted by atomic mass is 9.71. The zero-order valence-electron chi connectivity index (χ0n) is 53.9. The van der Waals surface area contributed by atoms with Gasteiger partial charge in [-0.25, -0.2) is 0 Å². The molecule has 4 aliphatic rings. The minimum absolute atomic E-state index is 0.119. The first-order chi connectivity index (χ1) is 37.1. The number of halogens is 2. The van der Waals surface area contributed by atoms with Crippen LogP contribution in [0.1, 0.15) is 227 Å².